The van der Waals surface area contributed by atoms with Gasteiger partial charge in [-0.2, -0.15) is 0 Å². The smallest absolute Gasteiger partial charge is 0.254 e. The average Bonchev–Trinajstić information content (AvgIpc) is 3.35. The Morgan fingerprint density at radius 3 is 2.46 bits per heavy atom. The van der Waals surface area contributed by atoms with Crippen LogP contribution in [0.1, 0.15) is 27.9 Å². The van der Waals surface area contributed by atoms with Crippen molar-refractivity contribution in [1.82, 2.24) is 14.8 Å². The van der Waals surface area contributed by atoms with Crippen LogP contribution in [0.4, 0.5) is 4.39 Å². The lowest BCUT2D eigenvalue weighted by Crippen LogP contribution is -2.44. The summed E-state index contributed by atoms with van der Waals surface area (Å²) in [5, 5.41) is 1.95. The maximum Gasteiger partial charge on any atom is 0.254 e. The summed E-state index contributed by atoms with van der Waals surface area (Å²) in [6.45, 7) is 1.36. The minimum Gasteiger partial charge on any atom is -0.385 e. The van der Waals surface area contributed by atoms with Crippen LogP contribution in [0.15, 0.2) is 72.9 Å². The fraction of sp³-hybridized carbons (Fsp3) is 0.267. The van der Waals surface area contributed by atoms with E-state index in [4.69, 9.17) is 27.9 Å². The van der Waals surface area contributed by atoms with Crippen LogP contribution < -0.4 is 0 Å². The maximum absolute atomic E-state index is 13.7. The SMILES string of the molecule is COCCCN(CC(=O)N(CCc1c[nH]c2ccccc12)Cc1ccc(Cl)c(Cl)c1)C(=O)c1ccc(F)cc1. The summed E-state index contributed by atoms with van der Waals surface area (Å²) < 4.78 is 18.6. The Balaban J connectivity index is 1.55. The number of fused-ring (bicyclic) bond motifs is 1. The predicted octanol–water partition coefficient (Wildman–Crippen LogP) is 6.36. The highest BCUT2D eigenvalue weighted by atomic mass is 35.5. The first-order chi connectivity index (χ1) is 18.9. The van der Waals surface area contributed by atoms with Gasteiger partial charge in [-0.3, -0.25) is 9.59 Å². The number of carbonyl (C=O) groups excluding carboxylic acids is 2. The minimum atomic E-state index is -0.432. The van der Waals surface area contributed by atoms with Gasteiger partial charge in [-0.05, 0) is 66.4 Å². The Morgan fingerprint density at radius 2 is 1.72 bits per heavy atom. The maximum atomic E-state index is 13.7. The van der Waals surface area contributed by atoms with E-state index in [1.807, 2.05) is 36.5 Å². The van der Waals surface area contributed by atoms with E-state index < -0.39 is 5.82 Å². The van der Waals surface area contributed by atoms with Crippen molar-refractivity contribution in [1.29, 1.82) is 0 Å². The van der Waals surface area contributed by atoms with Crippen molar-refractivity contribution in [3.8, 4) is 0 Å². The number of para-hydroxylation sites is 1. The third kappa shape index (κ3) is 7.60. The number of aromatic nitrogens is 1. The van der Waals surface area contributed by atoms with E-state index in [9.17, 15) is 14.0 Å². The monoisotopic (exact) mass is 569 g/mol. The molecule has 0 aliphatic rings. The molecule has 0 unspecified atom stereocenters. The number of rotatable bonds is 12. The molecule has 0 aliphatic carbocycles. The molecule has 4 rings (SSSR count). The molecule has 0 saturated heterocycles. The number of H-pyrrole nitrogens is 1. The predicted molar refractivity (Wildman–Crippen MR) is 153 cm³/mol. The molecular weight excluding hydrogens is 540 g/mol. The summed E-state index contributed by atoms with van der Waals surface area (Å²) in [5.41, 5.74) is 3.27. The molecule has 0 radical (unpaired) electrons. The second-order valence-electron chi connectivity index (χ2n) is 9.25. The average molecular weight is 570 g/mol. The van der Waals surface area contributed by atoms with Crippen molar-refractivity contribution in [3.63, 3.8) is 0 Å². The van der Waals surface area contributed by atoms with Gasteiger partial charge >= 0.3 is 0 Å². The lowest BCUT2D eigenvalue weighted by Gasteiger charge is -2.28. The van der Waals surface area contributed by atoms with Crippen LogP contribution >= 0.6 is 23.2 Å². The number of carbonyl (C=O) groups is 2. The molecule has 1 heterocycles. The van der Waals surface area contributed by atoms with E-state index in [1.165, 1.54) is 29.2 Å². The Kier molecular flexibility index (Phi) is 9.98. The number of halogens is 3. The molecule has 0 saturated carbocycles. The lowest BCUT2D eigenvalue weighted by atomic mass is 10.1. The van der Waals surface area contributed by atoms with Crippen molar-refractivity contribution >= 4 is 45.9 Å². The van der Waals surface area contributed by atoms with Crippen molar-refractivity contribution in [2.45, 2.75) is 19.4 Å². The van der Waals surface area contributed by atoms with Gasteiger partial charge < -0.3 is 19.5 Å². The zero-order chi connectivity index (χ0) is 27.8. The lowest BCUT2D eigenvalue weighted by molar-refractivity contribution is -0.132. The molecule has 204 valence electrons. The number of amides is 2. The Labute approximate surface area is 237 Å². The Bertz CT molecular complexity index is 1420. The van der Waals surface area contributed by atoms with E-state index >= 15 is 0 Å². The first-order valence-corrected chi connectivity index (χ1v) is 13.4. The standard InChI is InChI=1S/C30H30Cl2FN3O3/c1-39-16-4-14-36(30(38)22-8-10-24(33)11-9-22)20-29(37)35(19-21-7-12-26(31)27(32)17-21)15-13-23-18-34-28-6-3-2-5-25(23)28/h2-3,5-12,17-18,34H,4,13-16,19-20H2,1H3. The zero-order valence-corrected chi connectivity index (χ0v) is 23.1. The number of hydrogen-bond acceptors (Lipinski definition) is 3. The highest BCUT2D eigenvalue weighted by Gasteiger charge is 2.23. The van der Waals surface area contributed by atoms with E-state index in [2.05, 4.69) is 4.98 Å². The van der Waals surface area contributed by atoms with Crippen molar-refractivity contribution < 1.29 is 18.7 Å². The van der Waals surface area contributed by atoms with Crippen LogP contribution in [0, 0.1) is 5.82 Å². The number of aromatic amines is 1. The third-order valence-corrected chi connectivity index (χ3v) is 7.26. The van der Waals surface area contributed by atoms with Crippen LogP contribution in [-0.4, -0.2) is 59.9 Å². The summed E-state index contributed by atoms with van der Waals surface area (Å²) in [7, 11) is 1.58. The van der Waals surface area contributed by atoms with Gasteiger partial charge in [0.05, 0.1) is 10.0 Å². The fourth-order valence-electron chi connectivity index (χ4n) is 4.43. The molecule has 0 fully saturated rings. The number of hydrogen-bond donors (Lipinski definition) is 1. The molecule has 0 aliphatic heterocycles. The highest BCUT2D eigenvalue weighted by Crippen LogP contribution is 2.24. The quantitative estimate of drug-likeness (QED) is 0.202. The van der Waals surface area contributed by atoms with Crippen LogP contribution in [-0.2, 0) is 22.5 Å². The van der Waals surface area contributed by atoms with Gasteiger partial charge in [0.2, 0.25) is 5.91 Å². The molecule has 2 amide bonds. The molecule has 9 heteroatoms. The van der Waals surface area contributed by atoms with Gasteiger partial charge in [-0.25, -0.2) is 4.39 Å². The molecule has 3 aromatic carbocycles. The van der Waals surface area contributed by atoms with E-state index in [-0.39, 0.29) is 18.4 Å². The number of ether oxygens (including phenoxy) is 1. The van der Waals surface area contributed by atoms with Gasteiger partial charge in [-0.1, -0.05) is 47.5 Å². The summed E-state index contributed by atoms with van der Waals surface area (Å²) in [5.74, 6) is -0.988. The van der Waals surface area contributed by atoms with Crippen LogP contribution in [0.3, 0.4) is 0 Å². The largest absolute Gasteiger partial charge is 0.385 e. The topological polar surface area (TPSA) is 65.6 Å². The van der Waals surface area contributed by atoms with Crippen molar-refractivity contribution in [3.05, 3.63) is 105 Å². The Hall–Kier alpha value is -3.39. The van der Waals surface area contributed by atoms with Crippen LogP contribution in [0.2, 0.25) is 10.0 Å². The molecule has 1 aromatic heterocycles. The zero-order valence-electron chi connectivity index (χ0n) is 21.6. The molecule has 0 bridgehead atoms. The molecule has 4 aromatic rings. The first-order valence-electron chi connectivity index (χ1n) is 12.7. The molecular formula is C30H30Cl2FN3O3. The minimum absolute atomic E-state index is 0.130. The number of nitrogens with one attached hydrogen (secondary N) is 1. The van der Waals surface area contributed by atoms with Gasteiger partial charge in [0, 0.05) is 56.0 Å². The van der Waals surface area contributed by atoms with E-state index in [0.29, 0.717) is 54.7 Å². The number of nitrogens with zero attached hydrogens (tertiary/aromatic N) is 2. The molecule has 1 N–H and O–H groups in total. The molecule has 0 atom stereocenters. The van der Waals surface area contributed by atoms with Gasteiger partial charge in [0.15, 0.2) is 0 Å². The van der Waals surface area contributed by atoms with Gasteiger partial charge in [0.1, 0.15) is 12.4 Å². The van der Waals surface area contributed by atoms with Gasteiger partial charge in [0.25, 0.3) is 5.91 Å². The summed E-state index contributed by atoms with van der Waals surface area (Å²) in [6, 6.07) is 18.6. The second kappa shape index (κ2) is 13.6. The normalized spacial score (nSPS) is 11.1. The van der Waals surface area contributed by atoms with Crippen LogP contribution in [0.5, 0.6) is 0 Å². The molecule has 6 nitrogen and oxygen atoms in total. The number of methoxy groups -OCH3 is 1. The van der Waals surface area contributed by atoms with E-state index in [0.717, 1.165) is 22.0 Å². The first kappa shape index (κ1) is 28.6. The highest BCUT2D eigenvalue weighted by molar-refractivity contribution is 6.42. The van der Waals surface area contributed by atoms with Gasteiger partial charge in [-0.15, -0.1) is 0 Å². The fourth-order valence-corrected chi connectivity index (χ4v) is 4.76. The Morgan fingerprint density at radius 1 is 0.949 bits per heavy atom. The molecule has 0 spiro atoms. The summed E-state index contributed by atoms with van der Waals surface area (Å²) in [4.78, 5) is 33.5. The summed E-state index contributed by atoms with van der Waals surface area (Å²) in [6.07, 6.45) is 3.13. The third-order valence-electron chi connectivity index (χ3n) is 6.52. The van der Waals surface area contributed by atoms with E-state index in [1.54, 1.807) is 24.1 Å². The summed E-state index contributed by atoms with van der Waals surface area (Å²) >= 11 is 12.3. The van der Waals surface area contributed by atoms with Crippen LogP contribution in [0.25, 0.3) is 10.9 Å². The molecule has 39 heavy (non-hydrogen) atoms. The van der Waals surface area contributed by atoms with Crippen molar-refractivity contribution in [2.75, 3.05) is 33.4 Å². The second-order valence-corrected chi connectivity index (χ2v) is 10.1. The number of benzene rings is 3. The van der Waals surface area contributed by atoms with Crippen molar-refractivity contribution in [2.24, 2.45) is 0 Å².